The molecule has 0 saturated heterocycles. The largest absolute Gasteiger partial charge is 0.337 e. The van der Waals surface area contributed by atoms with Crippen LogP contribution in [0.4, 0.5) is 0 Å². The fraction of sp³-hybridized carbons (Fsp3) is 0.727. The average Bonchev–Trinajstić information content (AvgIpc) is 2.63. The van der Waals surface area contributed by atoms with Crippen molar-refractivity contribution in [2.75, 3.05) is 0 Å². The molecule has 1 aromatic rings. The van der Waals surface area contributed by atoms with E-state index >= 15 is 0 Å². The third-order valence-corrected chi connectivity index (χ3v) is 2.33. The van der Waals surface area contributed by atoms with Crippen LogP contribution in [-0.2, 0) is 6.54 Å². The minimum Gasteiger partial charge on any atom is -0.337 e. The summed E-state index contributed by atoms with van der Waals surface area (Å²) in [7, 11) is 0. The topological polar surface area (TPSA) is 17.8 Å². The maximum absolute atomic E-state index is 4.01. The molecule has 0 atom stereocenters. The van der Waals surface area contributed by atoms with Crippen LogP contribution in [0.1, 0.15) is 45.4 Å². The smallest absolute Gasteiger partial charge is 0.0945 e. The molecule has 2 nitrogen and oxygen atoms in total. The molecule has 1 heterocycles. The highest BCUT2D eigenvalue weighted by Crippen LogP contribution is 2.05. The highest BCUT2D eigenvalue weighted by molar-refractivity contribution is 14.0. The molecule has 0 aromatic carbocycles. The summed E-state index contributed by atoms with van der Waals surface area (Å²) < 4.78 is 2.15. The Labute approximate surface area is 104 Å². The zero-order chi connectivity index (χ0) is 9.36. The number of unbranched alkanes of at least 4 members (excludes halogenated alkanes) is 5. The van der Waals surface area contributed by atoms with E-state index in [1.165, 1.54) is 38.5 Å². The van der Waals surface area contributed by atoms with Gasteiger partial charge in [0.15, 0.2) is 0 Å². The molecule has 3 heteroatoms. The second-order valence-corrected chi connectivity index (χ2v) is 3.57. The van der Waals surface area contributed by atoms with E-state index in [1.807, 2.05) is 18.7 Å². The Kier molecular flexibility index (Phi) is 9.45. The van der Waals surface area contributed by atoms with Gasteiger partial charge in [-0.25, -0.2) is 4.98 Å². The first-order chi connectivity index (χ1) is 6.43. The average molecular weight is 308 g/mol. The van der Waals surface area contributed by atoms with Crippen molar-refractivity contribution in [1.82, 2.24) is 9.55 Å². The number of aromatic nitrogens is 2. The summed E-state index contributed by atoms with van der Waals surface area (Å²) in [5, 5.41) is 0. The van der Waals surface area contributed by atoms with E-state index in [4.69, 9.17) is 0 Å². The minimum absolute atomic E-state index is 0. The quantitative estimate of drug-likeness (QED) is 0.552. The summed E-state index contributed by atoms with van der Waals surface area (Å²) in [4.78, 5) is 4.01. The summed E-state index contributed by atoms with van der Waals surface area (Å²) in [6.07, 6.45) is 13.9. The van der Waals surface area contributed by atoms with Crippen LogP contribution in [0, 0.1) is 0 Å². The summed E-state index contributed by atoms with van der Waals surface area (Å²) in [6, 6.07) is 0. The van der Waals surface area contributed by atoms with Gasteiger partial charge < -0.3 is 4.57 Å². The second kappa shape index (κ2) is 9.49. The molecule has 0 N–H and O–H groups in total. The molecule has 1 aromatic heterocycles. The first-order valence-electron chi connectivity index (χ1n) is 5.39. The SMILES string of the molecule is CCCCCCCCn1ccnc1.I. The maximum atomic E-state index is 4.01. The third-order valence-electron chi connectivity index (χ3n) is 2.33. The van der Waals surface area contributed by atoms with Crippen LogP contribution in [0.15, 0.2) is 18.7 Å². The number of imidazole rings is 1. The Morgan fingerprint density at radius 1 is 1.07 bits per heavy atom. The molecule has 1 rings (SSSR count). The fourth-order valence-corrected chi connectivity index (χ4v) is 1.49. The van der Waals surface area contributed by atoms with Gasteiger partial charge in [0.05, 0.1) is 6.33 Å². The van der Waals surface area contributed by atoms with Crippen molar-refractivity contribution in [3.8, 4) is 0 Å². The van der Waals surface area contributed by atoms with E-state index in [0.717, 1.165) is 6.54 Å². The van der Waals surface area contributed by atoms with Crippen molar-refractivity contribution in [3.63, 3.8) is 0 Å². The van der Waals surface area contributed by atoms with Crippen LogP contribution < -0.4 is 0 Å². The lowest BCUT2D eigenvalue weighted by Gasteiger charge is -2.01. The molecular weight excluding hydrogens is 287 g/mol. The van der Waals surface area contributed by atoms with Gasteiger partial charge in [-0.1, -0.05) is 39.0 Å². The number of hydrogen-bond acceptors (Lipinski definition) is 1. The number of nitrogens with zero attached hydrogens (tertiary/aromatic N) is 2. The normalized spacial score (nSPS) is 9.79. The van der Waals surface area contributed by atoms with Crippen LogP contribution >= 0.6 is 24.0 Å². The second-order valence-electron chi connectivity index (χ2n) is 3.57. The molecular formula is C11H21IN2. The summed E-state index contributed by atoms with van der Waals surface area (Å²) in [6.45, 7) is 3.39. The Balaban J connectivity index is 0.00000169. The molecule has 0 aliphatic carbocycles. The van der Waals surface area contributed by atoms with E-state index in [0.29, 0.717) is 0 Å². The standard InChI is InChI=1S/C11H20N2.HI/c1-2-3-4-5-6-7-9-13-10-8-12-11-13;/h8,10-11H,2-7,9H2,1H3;1H. The lowest BCUT2D eigenvalue weighted by Crippen LogP contribution is -1.93. The predicted octanol–water partition coefficient (Wildman–Crippen LogP) is 3.86. The number of rotatable bonds is 7. The van der Waals surface area contributed by atoms with Gasteiger partial charge in [0.2, 0.25) is 0 Å². The molecule has 0 saturated carbocycles. The summed E-state index contributed by atoms with van der Waals surface area (Å²) in [5.41, 5.74) is 0. The molecule has 0 spiro atoms. The molecule has 0 aliphatic heterocycles. The number of hydrogen-bond donors (Lipinski definition) is 0. The van der Waals surface area contributed by atoms with Gasteiger partial charge in [-0.05, 0) is 6.42 Å². The van der Waals surface area contributed by atoms with E-state index in [1.54, 1.807) is 0 Å². The van der Waals surface area contributed by atoms with Crippen LogP contribution in [0.2, 0.25) is 0 Å². The molecule has 0 bridgehead atoms. The Bertz CT molecular complexity index is 197. The highest BCUT2D eigenvalue weighted by atomic mass is 127. The molecule has 82 valence electrons. The van der Waals surface area contributed by atoms with Gasteiger partial charge in [0.25, 0.3) is 0 Å². The van der Waals surface area contributed by atoms with Crippen LogP contribution in [-0.4, -0.2) is 9.55 Å². The van der Waals surface area contributed by atoms with Crippen LogP contribution in [0.25, 0.3) is 0 Å². The maximum Gasteiger partial charge on any atom is 0.0945 e. The van der Waals surface area contributed by atoms with Crippen LogP contribution in [0.3, 0.4) is 0 Å². The van der Waals surface area contributed by atoms with Crippen molar-refractivity contribution in [3.05, 3.63) is 18.7 Å². The monoisotopic (exact) mass is 308 g/mol. The predicted molar refractivity (Wildman–Crippen MR) is 71.0 cm³/mol. The molecule has 0 radical (unpaired) electrons. The minimum atomic E-state index is 0. The van der Waals surface area contributed by atoms with Gasteiger partial charge >= 0.3 is 0 Å². The van der Waals surface area contributed by atoms with Gasteiger partial charge in [-0.15, -0.1) is 24.0 Å². The summed E-state index contributed by atoms with van der Waals surface area (Å²) in [5.74, 6) is 0. The number of halogens is 1. The van der Waals surface area contributed by atoms with Crippen molar-refractivity contribution in [2.45, 2.75) is 52.0 Å². The van der Waals surface area contributed by atoms with Crippen LogP contribution in [0.5, 0.6) is 0 Å². The lowest BCUT2D eigenvalue weighted by atomic mass is 10.1. The van der Waals surface area contributed by atoms with Gasteiger partial charge in [0.1, 0.15) is 0 Å². The van der Waals surface area contributed by atoms with E-state index < -0.39 is 0 Å². The molecule has 14 heavy (non-hydrogen) atoms. The Hall–Kier alpha value is -0.0600. The van der Waals surface area contributed by atoms with Crippen molar-refractivity contribution in [2.24, 2.45) is 0 Å². The molecule has 0 fully saturated rings. The van der Waals surface area contributed by atoms with Gasteiger partial charge in [0, 0.05) is 18.9 Å². The van der Waals surface area contributed by atoms with E-state index in [2.05, 4.69) is 16.5 Å². The zero-order valence-electron chi connectivity index (χ0n) is 8.98. The van der Waals surface area contributed by atoms with E-state index in [9.17, 15) is 0 Å². The van der Waals surface area contributed by atoms with Gasteiger partial charge in [-0.2, -0.15) is 0 Å². The third kappa shape index (κ3) is 6.40. The van der Waals surface area contributed by atoms with Crippen molar-refractivity contribution >= 4 is 24.0 Å². The summed E-state index contributed by atoms with van der Waals surface area (Å²) >= 11 is 0. The highest BCUT2D eigenvalue weighted by Gasteiger charge is 1.91. The van der Waals surface area contributed by atoms with Gasteiger partial charge in [-0.3, -0.25) is 0 Å². The first kappa shape index (κ1) is 13.9. The molecule has 0 aliphatic rings. The van der Waals surface area contributed by atoms with Crippen molar-refractivity contribution in [1.29, 1.82) is 0 Å². The molecule has 0 amide bonds. The number of aryl methyl sites for hydroxylation is 1. The lowest BCUT2D eigenvalue weighted by molar-refractivity contribution is 0.558. The Morgan fingerprint density at radius 2 is 1.79 bits per heavy atom. The van der Waals surface area contributed by atoms with E-state index in [-0.39, 0.29) is 24.0 Å². The molecule has 0 unspecified atom stereocenters. The first-order valence-corrected chi connectivity index (χ1v) is 5.39. The zero-order valence-corrected chi connectivity index (χ0v) is 11.3. The van der Waals surface area contributed by atoms with Crippen molar-refractivity contribution < 1.29 is 0 Å². The fourth-order valence-electron chi connectivity index (χ4n) is 1.49. The Morgan fingerprint density at radius 3 is 2.43 bits per heavy atom.